The topological polar surface area (TPSA) is 45.8 Å². The van der Waals surface area contributed by atoms with Gasteiger partial charge >= 0.3 is 0 Å². The van der Waals surface area contributed by atoms with Crippen molar-refractivity contribution >= 4 is 23.4 Å². The summed E-state index contributed by atoms with van der Waals surface area (Å²) in [7, 11) is 0. The summed E-state index contributed by atoms with van der Waals surface area (Å²) in [5.74, 6) is 1.34. The molecule has 0 saturated carbocycles. The molecule has 0 aliphatic carbocycles. The Bertz CT molecular complexity index is 711. The number of para-hydroxylation sites is 1. The molecule has 0 fully saturated rings. The molecule has 0 saturated heterocycles. The van der Waals surface area contributed by atoms with E-state index >= 15 is 0 Å². The van der Waals surface area contributed by atoms with Crippen molar-refractivity contribution in [1.82, 2.24) is 0 Å². The van der Waals surface area contributed by atoms with Gasteiger partial charge in [0.2, 0.25) is 0 Å². The molecule has 0 spiro atoms. The van der Waals surface area contributed by atoms with E-state index in [1.807, 2.05) is 56.3 Å². The number of rotatable bonds is 2. The summed E-state index contributed by atoms with van der Waals surface area (Å²) in [6, 6.07) is 13.1. The van der Waals surface area contributed by atoms with Crippen LogP contribution in [0, 0.1) is 6.92 Å². The van der Waals surface area contributed by atoms with Crippen LogP contribution in [0.25, 0.3) is 6.08 Å². The van der Waals surface area contributed by atoms with Crippen molar-refractivity contribution < 1.29 is 9.21 Å². The molecule has 1 aliphatic rings. The normalized spacial score (nSPS) is 16.9. The molecule has 4 heteroatoms. The van der Waals surface area contributed by atoms with Gasteiger partial charge in [-0.1, -0.05) is 18.2 Å². The second-order valence-corrected chi connectivity index (χ2v) is 4.64. The molecular weight excluding hydrogens is 252 g/mol. The van der Waals surface area contributed by atoms with E-state index in [9.17, 15) is 4.79 Å². The van der Waals surface area contributed by atoms with E-state index in [0.29, 0.717) is 17.0 Å². The quantitative estimate of drug-likeness (QED) is 0.782. The third kappa shape index (κ3) is 2.16. The lowest BCUT2D eigenvalue weighted by atomic mass is 10.1. The van der Waals surface area contributed by atoms with Crippen LogP contribution in [0.3, 0.4) is 0 Å². The van der Waals surface area contributed by atoms with Gasteiger partial charge in [0.1, 0.15) is 11.5 Å². The summed E-state index contributed by atoms with van der Waals surface area (Å²) < 4.78 is 5.48. The van der Waals surface area contributed by atoms with E-state index in [0.717, 1.165) is 11.4 Å². The molecule has 0 bridgehead atoms. The number of hydrazone groups is 1. The van der Waals surface area contributed by atoms with Crippen molar-refractivity contribution in [3.8, 4) is 0 Å². The lowest BCUT2D eigenvalue weighted by molar-refractivity contribution is -0.114. The summed E-state index contributed by atoms with van der Waals surface area (Å²) in [5.41, 5.74) is 2.01. The molecule has 3 rings (SSSR count). The van der Waals surface area contributed by atoms with Crippen molar-refractivity contribution in [3.05, 3.63) is 59.6 Å². The zero-order valence-electron chi connectivity index (χ0n) is 11.3. The van der Waals surface area contributed by atoms with Crippen molar-refractivity contribution in [2.45, 2.75) is 13.8 Å². The summed E-state index contributed by atoms with van der Waals surface area (Å²) >= 11 is 0. The lowest BCUT2D eigenvalue weighted by Gasteiger charge is -2.10. The third-order valence-electron chi connectivity index (χ3n) is 3.11. The van der Waals surface area contributed by atoms with Crippen LogP contribution >= 0.6 is 0 Å². The number of anilines is 1. The number of benzene rings is 1. The molecular formula is C16H14N2O2. The minimum absolute atomic E-state index is 0.136. The molecule has 2 heterocycles. The molecule has 0 atom stereocenters. The van der Waals surface area contributed by atoms with Crippen molar-refractivity contribution in [2.75, 3.05) is 5.01 Å². The van der Waals surface area contributed by atoms with Gasteiger partial charge in [-0.05, 0) is 44.2 Å². The van der Waals surface area contributed by atoms with Gasteiger partial charge in [0.15, 0.2) is 0 Å². The van der Waals surface area contributed by atoms with Crippen LogP contribution in [0.4, 0.5) is 5.69 Å². The van der Waals surface area contributed by atoms with Gasteiger partial charge in [0.05, 0.1) is 17.0 Å². The zero-order chi connectivity index (χ0) is 14.1. The van der Waals surface area contributed by atoms with Crippen LogP contribution in [0.2, 0.25) is 0 Å². The Morgan fingerprint density at radius 1 is 1.10 bits per heavy atom. The van der Waals surface area contributed by atoms with E-state index in [4.69, 9.17) is 4.42 Å². The fourth-order valence-electron chi connectivity index (χ4n) is 2.10. The van der Waals surface area contributed by atoms with E-state index in [1.165, 1.54) is 5.01 Å². The average molecular weight is 266 g/mol. The predicted molar refractivity (Wildman–Crippen MR) is 78.5 cm³/mol. The van der Waals surface area contributed by atoms with Gasteiger partial charge in [-0.3, -0.25) is 4.79 Å². The number of furan rings is 1. The van der Waals surface area contributed by atoms with Crippen molar-refractivity contribution in [1.29, 1.82) is 0 Å². The first-order valence-electron chi connectivity index (χ1n) is 6.38. The molecule has 1 amide bonds. The number of carbonyl (C=O) groups is 1. The molecule has 0 unspecified atom stereocenters. The summed E-state index contributed by atoms with van der Waals surface area (Å²) in [4.78, 5) is 12.4. The number of hydrogen-bond donors (Lipinski definition) is 0. The Hall–Kier alpha value is -2.62. The molecule has 2 aromatic rings. The first-order chi connectivity index (χ1) is 9.65. The molecule has 1 aromatic heterocycles. The van der Waals surface area contributed by atoms with Crippen LogP contribution in [-0.2, 0) is 4.79 Å². The molecule has 0 radical (unpaired) electrons. The highest BCUT2D eigenvalue weighted by Crippen LogP contribution is 2.24. The highest BCUT2D eigenvalue weighted by molar-refractivity contribution is 6.32. The number of amides is 1. The van der Waals surface area contributed by atoms with Crippen LogP contribution in [0.5, 0.6) is 0 Å². The van der Waals surface area contributed by atoms with Crippen LogP contribution in [0.15, 0.2) is 57.6 Å². The number of aryl methyl sites for hydroxylation is 1. The standard InChI is InChI=1S/C16H14N2O2/c1-11-8-9-14(20-11)10-15-12(2)17-18(16(15)19)13-6-4-3-5-7-13/h3-10H,1-2H3. The second-order valence-electron chi connectivity index (χ2n) is 4.64. The van der Waals surface area contributed by atoms with Crippen molar-refractivity contribution in [3.63, 3.8) is 0 Å². The first kappa shape index (κ1) is 12.4. The van der Waals surface area contributed by atoms with E-state index in [1.54, 1.807) is 6.08 Å². The number of carbonyl (C=O) groups excluding carboxylic acids is 1. The average Bonchev–Trinajstić information content (AvgIpc) is 2.98. The fraction of sp³-hybridized carbons (Fsp3) is 0.125. The Kier molecular flexibility index (Phi) is 2.99. The number of nitrogens with zero attached hydrogens (tertiary/aromatic N) is 2. The molecule has 20 heavy (non-hydrogen) atoms. The summed E-state index contributed by atoms with van der Waals surface area (Å²) in [6.45, 7) is 3.69. The fourth-order valence-corrected chi connectivity index (χ4v) is 2.10. The largest absolute Gasteiger partial charge is 0.462 e. The monoisotopic (exact) mass is 266 g/mol. The van der Waals surface area contributed by atoms with E-state index < -0.39 is 0 Å². The molecule has 1 aromatic carbocycles. The van der Waals surface area contributed by atoms with Gasteiger partial charge in [-0.15, -0.1) is 0 Å². The van der Waals surface area contributed by atoms with Gasteiger partial charge in [-0.2, -0.15) is 10.1 Å². The lowest BCUT2D eigenvalue weighted by Crippen LogP contribution is -2.21. The summed E-state index contributed by atoms with van der Waals surface area (Å²) in [5, 5.41) is 5.73. The zero-order valence-corrected chi connectivity index (χ0v) is 11.3. The van der Waals surface area contributed by atoms with Crippen LogP contribution in [-0.4, -0.2) is 11.6 Å². The predicted octanol–water partition coefficient (Wildman–Crippen LogP) is 3.39. The molecule has 1 aliphatic heterocycles. The number of hydrogen-bond acceptors (Lipinski definition) is 3. The Morgan fingerprint density at radius 2 is 1.85 bits per heavy atom. The maximum absolute atomic E-state index is 12.4. The third-order valence-corrected chi connectivity index (χ3v) is 3.11. The Balaban J connectivity index is 1.95. The van der Waals surface area contributed by atoms with Crippen molar-refractivity contribution in [2.24, 2.45) is 5.10 Å². The first-order valence-corrected chi connectivity index (χ1v) is 6.38. The second kappa shape index (κ2) is 4.81. The highest BCUT2D eigenvalue weighted by atomic mass is 16.3. The van der Waals surface area contributed by atoms with Gasteiger partial charge < -0.3 is 4.42 Å². The maximum atomic E-state index is 12.4. The van der Waals surface area contributed by atoms with E-state index in [-0.39, 0.29) is 5.91 Å². The Morgan fingerprint density at radius 3 is 2.50 bits per heavy atom. The Labute approximate surface area is 117 Å². The summed E-state index contributed by atoms with van der Waals surface area (Å²) in [6.07, 6.45) is 1.73. The minimum Gasteiger partial charge on any atom is -0.462 e. The molecule has 4 nitrogen and oxygen atoms in total. The molecule has 0 N–H and O–H groups in total. The smallest absolute Gasteiger partial charge is 0.280 e. The minimum atomic E-state index is -0.136. The highest BCUT2D eigenvalue weighted by Gasteiger charge is 2.28. The SMILES string of the molecule is CC1=NN(c2ccccc2)C(=O)C1=Cc1ccc(C)o1. The maximum Gasteiger partial charge on any atom is 0.280 e. The molecule has 100 valence electrons. The van der Waals surface area contributed by atoms with Crippen LogP contribution < -0.4 is 5.01 Å². The van der Waals surface area contributed by atoms with Gasteiger partial charge in [0.25, 0.3) is 5.91 Å². The van der Waals surface area contributed by atoms with Gasteiger partial charge in [-0.25, -0.2) is 0 Å². The van der Waals surface area contributed by atoms with Gasteiger partial charge in [0, 0.05) is 0 Å². The van der Waals surface area contributed by atoms with Crippen LogP contribution in [0.1, 0.15) is 18.4 Å². The van der Waals surface area contributed by atoms with E-state index in [2.05, 4.69) is 5.10 Å².